The zero-order valence-electron chi connectivity index (χ0n) is 10.7. The van der Waals surface area contributed by atoms with Crippen LogP contribution in [-0.4, -0.2) is 61.4 Å². The number of rotatable bonds is 9. The minimum Gasteiger partial charge on any atom is -0.389 e. The highest BCUT2D eigenvalue weighted by Crippen LogP contribution is 1.98. The molecule has 0 radical (unpaired) electrons. The van der Waals surface area contributed by atoms with Crippen molar-refractivity contribution in [1.82, 2.24) is 5.32 Å². The van der Waals surface area contributed by atoms with E-state index in [1.165, 1.54) is 0 Å². The predicted octanol–water partition coefficient (Wildman–Crippen LogP) is -0.241. The number of aliphatic hydroxyl groups is 2. The van der Waals surface area contributed by atoms with Gasteiger partial charge in [0.1, 0.15) is 0 Å². The minimum atomic E-state index is -0.760. The van der Waals surface area contributed by atoms with Crippen LogP contribution in [0.1, 0.15) is 20.8 Å². The van der Waals surface area contributed by atoms with Crippen LogP contribution in [0.25, 0.3) is 0 Å². The predicted molar refractivity (Wildman–Crippen MR) is 62.5 cm³/mol. The van der Waals surface area contributed by atoms with Gasteiger partial charge in [0, 0.05) is 20.2 Å². The molecule has 0 heterocycles. The number of hydrogen-bond donors (Lipinski definition) is 3. The maximum atomic E-state index is 9.55. The second kappa shape index (κ2) is 7.97. The van der Waals surface area contributed by atoms with Crippen LogP contribution in [0.5, 0.6) is 0 Å². The zero-order chi connectivity index (χ0) is 12.6. The van der Waals surface area contributed by atoms with E-state index in [9.17, 15) is 10.2 Å². The van der Waals surface area contributed by atoms with Crippen LogP contribution in [0.15, 0.2) is 0 Å². The van der Waals surface area contributed by atoms with Gasteiger partial charge in [-0.25, -0.2) is 0 Å². The highest BCUT2D eigenvalue weighted by atomic mass is 16.5. The zero-order valence-corrected chi connectivity index (χ0v) is 10.7. The Bertz CT molecular complexity index is 170. The fourth-order valence-electron chi connectivity index (χ4n) is 1.16. The summed E-state index contributed by atoms with van der Waals surface area (Å²) >= 11 is 0. The molecule has 0 aromatic carbocycles. The summed E-state index contributed by atoms with van der Waals surface area (Å²) in [5.41, 5.74) is -0.760. The van der Waals surface area contributed by atoms with Gasteiger partial charge in [0.15, 0.2) is 0 Å². The van der Waals surface area contributed by atoms with E-state index in [1.807, 2.05) is 6.92 Å². The van der Waals surface area contributed by atoms with Gasteiger partial charge in [-0.1, -0.05) is 0 Å². The molecule has 0 aliphatic heterocycles. The Hall–Kier alpha value is -0.200. The van der Waals surface area contributed by atoms with Crippen LogP contribution in [0.2, 0.25) is 0 Å². The SMILES string of the molecule is COCC(C)OCC(O)CNCC(C)(C)O. The van der Waals surface area contributed by atoms with Gasteiger partial charge >= 0.3 is 0 Å². The second-order valence-corrected chi connectivity index (χ2v) is 4.70. The lowest BCUT2D eigenvalue weighted by Crippen LogP contribution is -2.40. The van der Waals surface area contributed by atoms with Crippen LogP contribution in [0.3, 0.4) is 0 Å². The normalized spacial score (nSPS) is 16.1. The maximum absolute atomic E-state index is 9.55. The fraction of sp³-hybridized carbons (Fsp3) is 1.00. The minimum absolute atomic E-state index is 0.0195. The van der Waals surface area contributed by atoms with Crippen LogP contribution in [-0.2, 0) is 9.47 Å². The van der Waals surface area contributed by atoms with Gasteiger partial charge in [0.25, 0.3) is 0 Å². The van der Waals surface area contributed by atoms with E-state index in [4.69, 9.17) is 9.47 Å². The summed E-state index contributed by atoms with van der Waals surface area (Å²) in [5, 5.41) is 21.9. The van der Waals surface area contributed by atoms with Crippen LogP contribution < -0.4 is 5.32 Å². The number of methoxy groups -OCH3 is 1. The first-order valence-electron chi connectivity index (χ1n) is 5.57. The Morgan fingerprint density at radius 3 is 2.44 bits per heavy atom. The highest BCUT2D eigenvalue weighted by molar-refractivity contribution is 4.70. The van der Waals surface area contributed by atoms with E-state index >= 15 is 0 Å². The smallest absolute Gasteiger partial charge is 0.0897 e. The quantitative estimate of drug-likeness (QED) is 0.514. The molecule has 0 rings (SSSR count). The Balaban J connectivity index is 3.48. The summed E-state index contributed by atoms with van der Waals surface area (Å²) < 4.78 is 10.3. The molecule has 0 aromatic rings. The summed E-state index contributed by atoms with van der Waals surface area (Å²) in [5.74, 6) is 0. The lowest BCUT2D eigenvalue weighted by molar-refractivity contribution is -0.0322. The largest absolute Gasteiger partial charge is 0.389 e. The number of aliphatic hydroxyl groups excluding tert-OH is 1. The molecular formula is C11H25NO4. The average molecular weight is 235 g/mol. The molecule has 3 N–H and O–H groups in total. The molecule has 0 spiro atoms. The van der Waals surface area contributed by atoms with Crippen LogP contribution in [0.4, 0.5) is 0 Å². The number of ether oxygens (including phenoxy) is 2. The first kappa shape index (κ1) is 15.8. The monoisotopic (exact) mass is 235 g/mol. The first-order valence-corrected chi connectivity index (χ1v) is 5.57. The summed E-state index contributed by atoms with van der Waals surface area (Å²) in [6.07, 6.45) is -0.587. The van der Waals surface area contributed by atoms with Crippen molar-refractivity contribution in [2.75, 3.05) is 33.4 Å². The standard InChI is InChI=1S/C11H25NO4/c1-9(6-15-4)16-7-10(13)5-12-8-11(2,3)14/h9-10,12-14H,5-8H2,1-4H3. The van der Waals surface area contributed by atoms with Crippen LogP contribution >= 0.6 is 0 Å². The van der Waals surface area contributed by atoms with Gasteiger partial charge in [-0.15, -0.1) is 0 Å². The molecule has 5 heteroatoms. The Labute approximate surface area is 97.8 Å². The maximum Gasteiger partial charge on any atom is 0.0897 e. The highest BCUT2D eigenvalue weighted by Gasteiger charge is 2.13. The molecule has 0 aliphatic rings. The van der Waals surface area contributed by atoms with Crippen molar-refractivity contribution >= 4 is 0 Å². The van der Waals surface area contributed by atoms with E-state index in [2.05, 4.69) is 5.32 Å². The van der Waals surface area contributed by atoms with Gasteiger partial charge in [0.05, 0.1) is 31.0 Å². The van der Waals surface area contributed by atoms with Crippen molar-refractivity contribution in [3.8, 4) is 0 Å². The van der Waals surface area contributed by atoms with Gasteiger partial charge in [-0.2, -0.15) is 0 Å². The Morgan fingerprint density at radius 1 is 1.31 bits per heavy atom. The fourth-order valence-corrected chi connectivity index (χ4v) is 1.16. The Morgan fingerprint density at radius 2 is 1.94 bits per heavy atom. The molecule has 0 aromatic heterocycles. The third kappa shape index (κ3) is 10.3. The summed E-state index contributed by atoms with van der Waals surface area (Å²) in [6.45, 7) is 6.95. The molecule has 16 heavy (non-hydrogen) atoms. The molecule has 0 saturated heterocycles. The van der Waals surface area contributed by atoms with Crippen molar-refractivity contribution in [3.63, 3.8) is 0 Å². The van der Waals surface area contributed by atoms with E-state index in [0.29, 0.717) is 19.7 Å². The lowest BCUT2D eigenvalue weighted by Gasteiger charge is -2.20. The third-order valence-electron chi connectivity index (χ3n) is 1.91. The molecule has 5 nitrogen and oxygen atoms in total. The molecule has 2 atom stereocenters. The molecule has 0 aliphatic carbocycles. The molecular weight excluding hydrogens is 210 g/mol. The average Bonchev–Trinajstić information content (AvgIpc) is 2.13. The third-order valence-corrected chi connectivity index (χ3v) is 1.91. The van der Waals surface area contributed by atoms with Crippen molar-refractivity contribution in [2.45, 2.75) is 38.6 Å². The number of nitrogens with one attached hydrogen (secondary N) is 1. The first-order chi connectivity index (χ1) is 7.35. The van der Waals surface area contributed by atoms with Gasteiger partial charge < -0.3 is 25.0 Å². The Kier molecular flexibility index (Phi) is 7.87. The van der Waals surface area contributed by atoms with Crippen molar-refractivity contribution in [3.05, 3.63) is 0 Å². The molecule has 2 unspecified atom stereocenters. The van der Waals surface area contributed by atoms with Gasteiger partial charge in [-0.3, -0.25) is 0 Å². The molecule has 98 valence electrons. The van der Waals surface area contributed by atoms with Crippen molar-refractivity contribution in [2.24, 2.45) is 0 Å². The topological polar surface area (TPSA) is 71.0 Å². The lowest BCUT2D eigenvalue weighted by atomic mass is 10.1. The summed E-state index contributed by atoms with van der Waals surface area (Å²) in [6, 6.07) is 0. The van der Waals surface area contributed by atoms with E-state index in [-0.39, 0.29) is 12.7 Å². The molecule has 0 fully saturated rings. The van der Waals surface area contributed by atoms with Gasteiger partial charge in [0.2, 0.25) is 0 Å². The van der Waals surface area contributed by atoms with Crippen molar-refractivity contribution < 1.29 is 19.7 Å². The van der Waals surface area contributed by atoms with Gasteiger partial charge in [-0.05, 0) is 20.8 Å². The number of hydrogen-bond acceptors (Lipinski definition) is 5. The van der Waals surface area contributed by atoms with Crippen LogP contribution in [0, 0.1) is 0 Å². The van der Waals surface area contributed by atoms with Crippen molar-refractivity contribution in [1.29, 1.82) is 0 Å². The second-order valence-electron chi connectivity index (χ2n) is 4.70. The summed E-state index contributed by atoms with van der Waals surface area (Å²) in [7, 11) is 1.61. The molecule has 0 saturated carbocycles. The molecule has 0 bridgehead atoms. The molecule has 0 amide bonds. The van der Waals surface area contributed by atoms with E-state index in [1.54, 1.807) is 21.0 Å². The summed E-state index contributed by atoms with van der Waals surface area (Å²) in [4.78, 5) is 0. The van der Waals surface area contributed by atoms with E-state index < -0.39 is 11.7 Å². The van der Waals surface area contributed by atoms with E-state index in [0.717, 1.165) is 0 Å².